The second kappa shape index (κ2) is 6.28. The van der Waals surface area contributed by atoms with Crippen molar-refractivity contribution < 1.29 is 14.3 Å². The summed E-state index contributed by atoms with van der Waals surface area (Å²) in [7, 11) is 6.26. The molecule has 3 heteroatoms. The molecule has 0 amide bonds. The van der Waals surface area contributed by atoms with Crippen molar-refractivity contribution in [3.05, 3.63) is 29.8 Å². The van der Waals surface area contributed by atoms with E-state index in [4.69, 9.17) is 4.74 Å². The lowest BCUT2D eigenvalue weighted by Gasteiger charge is -2.57. The highest BCUT2D eigenvalue weighted by Gasteiger charge is 2.51. The van der Waals surface area contributed by atoms with Crippen molar-refractivity contribution in [2.24, 2.45) is 17.8 Å². The van der Waals surface area contributed by atoms with Crippen LogP contribution in [-0.4, -0.2) is 50.0 Å². The number of hydrogen-bond donors (Lipinski definition) is 1. The molecule has 138 valence electrons. The molecule has 4 bridgehead atoms. The normalized spacial score (nSPS) is 35.0. The van der Waals surface area contributed by atoms with E-state index in [-0.39, 0.29) is 0 Å². The van der Waals surface area contributed by atoms with E-state index >= 15 is 0 Å². The summed E-state index contributed by atoms with van der Waals surface area (Å²) in [5.41, 5.74) is 1.99. The van der Waals surface area contributed by atoms with Crippen molar-refractivity contribution in [1.29, 1.82) is 0 Å². The van der Waals surface area contributed by atoms with Crippen LogP contribution in [0.1, 0.15) is 44.1 Å². The third kappa shape index (κ3) is 3.73. The van der Waals surface area contributed by atoms with E-state index in [1.807, 2.05) is 0 Å². The van der Waals surface area contributed by atoms with Crippen molar-refractivity contribution in [1.82, 2.24) is 0 Å². The van der Waals surface area contributed by atoms with Crippen LogP contribution in [0.25, 0.3) is 0 Å². The van der Waals surface area contributed by atoms with Gasteiger partial charge in [-0.25, -0.2) is 0 Å². The number of rotatable bonds is 6. The van der Waals surface area contributed by atoms with Gasteiger partial charge in [-0.3, -0.25) is 0 Å². The summed E-state index contributed by atoms with van der Waals surface area (Å²) in [5.74, 6) is 3.82. The van der Waals surface area contributed by atoms with Crippen LogP contribution < -0.4 is 4.74 Å². The Morgan fingerprint density at radius 3 is 2.00 bits per heavy atom. The summed E-state index contributed by atoms with van der Waals surface area (Å²) < 4.78 is 6.57. The average molecular weight is 345 g/mol. The van der Waals surface area contributed by atoms with E-state index in [0.717, 1.165) is 28.0 Å². The predicted molar refractivity (Wildman–Crippen MR) is 101 cm³/mol. The predicted octanol–water partition coefficient (Wildman–Crippen LogP) is 3.60. The molecule has 0 saturated heterocycles. The number of aliphatic hydroxyl groups is 1. The highest BCUT2D eigenvalue weighted by Crippen LogP contribution is 2.60. The smallest absolute Gasteiger partial charge is 0.137 e. The second-order valence-corrected chi connectivity index (χ2v) is 10.2. The molecular formula is C22H34NO2+. The molecule has 0 heterocycles. The van der Waals surface area contributed by atoms with Gasteiger partial charge >= 0.3 is 0 Å². The van der Waals surface area contributed by atoms with Gasteiger partial charge in [0.2, 0.25) is 0 Å². The molecule has 0 spiro atoms. The minimum absolute atomic E-state index is 0.367. The van der Waals surface area contributed by atoms with Gasteiger partial charge in [-0.2, -0.15) is 0 Å². The Morgan fingerprint density at radius 2 is 1.52 bits per heavy atom. The molecule has 1 N–H and O–H groups in total. The van der Waals surface area contributed by atoms with Gasteiger partial charge in [0.1, 0.15) is 25.0 Å². The number of benzene rings is 1. The lowest BCUT2D eigenvalue weighted by molar-refractivity contribution is -0.873. The fourth-order valence-corrected chi connectivity index (χ4v) is 6.25. The molecule has 1 unspecified atom stereocenters. The van der Waals surface area contributed by atoms with E-state index in [0.29, 0.717) is 18.6 Å². The van der Waals surface area contributed by atoms with E-state index in [9.17, 15) is 5.11 Å². The maximum Gasteiger partial charge on any atom is 0.137 e. The summed E-state index contributed by atoms with van der Waals surface area (Å²) in [6.45, 7) is 1.07. The molecule has 0 aromatic heterocycles. The van der Waals surface area contributed by atoms with Gasteiger partial charge in [-0.15, -0.1) is 0 Å². The van der Waals surface area contributed by atoms with Crippen LogP contribution in [0.4, 0.5) is 0 Å². The molecule has 5 rings (SSSR count). The minimum Gasteiger partial charge on any atom is -0.491 e. The fourth-order valence-electron chi connectivity index (χ4n) is 6.25. The summed E-state index contributed by atoms with van der Waals surface area (Å²) in [4.78, 5) is 0. The van der Waals surface area contributed by atoms with E-state index in [2.05, 4.69) is 45.4 Å². The molecule has 4 fully saturated rings. The Kier molecular flexibility index (Phi) is 4.36. The van der Waals surface area contributed by atoms with Gasteiger partial charge in [-0.05, 0) is 79.4 Å². The Hall–Kier alpha value is -1.06. The van der Waals surface area contributed by atoms with Crippen molar-refractivity contribution in [2.45, 2.75) is 50.0 Å². The Balaban J connectivity index is 1.39. The Morgan fingerprint density at radius 1 is 1.00 bits per heavy atom. The first-order valence-electron chi connectivity index (χ1n) is 10.0. The molecule has 0 aliphatic heterocycles. The van der Waals surface area contributed by atoms with Crippen LogP contribution in [0.3, 0.4) is 0 Å². The van der Waals surface area contributed by atoms with Gasteiger partial charge in [-0.1, -0.05) is 12.1 Å². The SMILES string of the molecule is C[N+](C)(C)CC(O)COc1ccc(C23CC4CC(CC(C4)C2)C3)cc1. The lowest BCUT2D eigenvalue weighted by atomic mass is 9.48. The molecule has 3 nitrogen and oxygen atoms in total. The Bertz CT molecular complexity index is 566. The first-order chi connectivity index (χ1) is 11.8. The monoisotopic (exact) mass is 344 g/mol. The topological polar surface area (TPSA) is 29.5 Å². The van der Waals surface area contributed by atoms with Gasteiger partial charge < -0.3 is 14.3 Å². The Labute approximate surface area is 152 Å². The standard InChI is InChI=1S/C22H34NO2/c1-23(2,3)14-20(24)15-25-21-6-4-19(5-7-21)22-11-16-8-17(12-22)10-18(9-16)13-22/h4-7,16-18,20,24H,8-15H2,1-3H3/q+1. The van der Waals surface area contributed by atoms with Crippen molar-refractivity contribution in [3.8, 4) is 5.75 Å². The van der Waals surface area contributed by atoms with E-state index < -0.39 is 6.10 Å². The lowest BCUT2D eigenvalue weighted by Crippen LogP contribution is -2.48. The van der Waals surface area contributed by atoms with Crippen molar-refractivity contribution >= 4 is 0 Å². The average Bonchev–Trinajstić information content (AvgIpc) is 2.50. The quantitative estimate of drug-likeness (QED) is 0.799. The van der Waals surface area contributed by atoms with E-state index in [1.165, 1.54) is 44.1 Å². The van der Waals surface area contributed by atoms with Gasteiger partial charge in [0.05, 0.1) is 21.1 Å². The summed E-state index contributed by atoms with van der Waals surface area (Å²) in [6, 6.07) is 8.84. The maximum absolute atomic E-state index is 10.1. The number of aliphatic hydroxyl groups excluding tert-OH is 1. The zero-order chi connectivity index (χ0) is 17.7. The van der Waals surface area contributed by atoms with Crippen LogP contribution in [0.15, 0.2) is 24.3 Å². The van der Waals surface area contributed by atoms with Crippen LogP contribution in [0, 0.1) is 17.8 Å². The van der Waals surface area contributed by atoms with Crippen molar-refractivity contribution in [3.63, 3.8) is 0 Å². The van der Waals surface area contributed by atoms with Crippen LogP contribution >= 0.6 is 0 Å². The number of nitrogens with zero attached hydrogens (tertiary/aromatic N) is 1. The molecule has 4 aliphatic rings. The molecular weight excluding hydrogens is 310 g/mol. The van der Waals surface area contributed by atoms with Crippen molar-refractivity contribution in [2.75, 3.05) is 34.3 Å². The molecule has 1 aromatic rings. The molecule has 25 heavy (non-hydrogen) atoms. The number of likely N-dealkylation sites (N-methyl/N-ethyl adjacent to an activating group) is 1. The second-order valence-electron chi connectivity index (χ2n) is 10.2. The van der Waals surface area contributed by atoms with Crippen LogP contribution in [0.5, 0.6) is 5.75 Å². The summed E-state index contributed by atoms with van der Waals surface area (Å²) in [6.07, 6.45) is 8.26. The van der Waals surface area contributed by atoms with Gasteiger partial charge in [0.15, 0.2) is 0 Å². The molecule has 4 saturated carbocycles. The molecule has 4 aliphatic carbocycles. The highest BCUT2D eigenvalue weighted by atomic mass is 16.5. The highest BCUT2D eigenvalue weighted by molar-refractivity contribution is 5.34. The number of hydrogen-bond acceptors (Lipinski definition) is 2. The molecule has 0 radical (unpaired) electrons. The first kappa shape index (κ1) is 17.4. The largest absolute Gasteiger partial charge is 0.491 e. The first-order valence-corrected chi connectivity index (χ1v) is 10.0. The fraction of sp³-hybridized carbons (Fsp3) is 0.727. The number of quaternary nitrogens is 1. The maximum atomic E-state index is 10.1. The number of ether oxygens (including phenoxy) is 1. The molecule has 1 atom stereocenters. The van der Waals surface area contributed by atoms with Crippen LogP contribution in [0.2, 0.25) is 0 Å². The van der Waals surface area contributed by atoms with E-state index in [1.54, 1.807) is 0 Å². The summed E-state index contributed by atoms with van der Waals surface area (Å²) >= 11 is 0. The van der Waals surface area contributed by atoms with Gasteiger partial charge in [0.25, 0.3) is 0 Å². The zero-order valence-corrected chi connectivity index (χ0v) is 16.1. The minimum atomic E-state index is -0.428. The molecule has 1 aromatic carbocycles. The zero-order valence-electron chi connectivity index (χ0n) is 16.1. The third-order valence-electron chi connectivity index (χ3n) is 6.71. The summed E-state index contributed by atoms with van der Waals surface area (Å²) in [5, 5.41) is 10.1. The third-order valence-corrected chi connectivity index (χ3v) is 6.71. The van der Waals surface area contributed by atoms with Gasteiger partial charge in [0, 0.05) is 0 Å². The van der Waals surface area contributed by atoms with Crippen LogP contribution in [-0.2, 0) is 5.41 Å².